The molecule has 2 amide bonds. The average molecular weight is 561 g/mol. The third-order valence-corrected chi connectivity index (χ3v) is 6.20. The predicted molar refractivity (Wildman–Crippen MR) is 151 cm³/mol. The standard InChI is InChI=1S/C31H32N2O8/c1-20(2)18-39-30(36)21-4-6-23(7-5-21)32-28(34)19-40-31(37)22-16-29(35)33(17-22)24-8-10-26(11-9-24)41-27-14-12-25(38-3)13-15-27/h4-15,20,22H,16-19H2,1-3H3,(H,32,34)/t22-/m0/s1. The summed E-state index contributed by atoms with van der Waals surface area (Å²) in [5, 5.41) is 2.61. The van der Waals surface area contributed by atoms with Crippen LogP contribution in [0.5, 0.6) is 17.2 Å². The maximum atomic E-state index is 12.6. The fourth-order valence-electron chi connectivity index (χ4n) is 4.06. The number of hydrogen-bond acceptors (Lipinski definition) is 8. The van der Waals surface area contributed by atoms with Crippen LogP contribution in [0.4, 0.5) is 11.4 Å². The molecule has 1 heterocycles. The molecule has 1 aliphatic heterocycles. The number of esters is 2. The van der Waals surface area contributed by atoms with Crippen LogP contribution in [0.1, 0.15) is 30.6 Å². The van der Waals surface area contributed by atoms with Crippen molar-refractivity contribution in [1.29, 1.82) is 0 Å². The van der Waals surface area contributed by atoms with Crippen molar-refractivity contribution in [3.63, 3.8) is 0 Å². The minimum atomic E-state index is -0.693. The fraction of sp³-hybridized carbons (Fsp3) is 0.290. The van der Waals surface area contributed by atoms with Gasteiger partial charge in [0.1, 0.15) is 17.2 Å². The number of methoxy groups -OCH3 is 1. The van der Waals surface area contributed by atoms with E-state index in [-0.39, 0.29) is 24.8 Å². The van der Waals surface area contributed by atoms with Gasteiger partial charge in [0.15, 0.2) is 6.61 Å². The number of benzene rings is 3. The molecule has 4 rings (SSSR count). The largest absolute Gasteiger partial charge is 0.497 e. The zero-order valence-electron chi connectivity index (χ0n) is 23.1. The quantitative estimate of drug-likeness (QED) is 0.331. The molecule has 1 saturated heterocycles. The van der Waals surface area contributed by atoms with Gasteiger partial charge >= 0.3 is 11.9 Å². The van der Waals surface area contributed by atoms with Crippen LogP contribution >= 0.6 is 0 Å². The molecule has 0 aliphatic carbocycles. The number of amides is 2. The van der Waals surface area contributed by atoms with Gasteiger partial charge in [0.2, 0.25) is 5.91 Å². The monoisotopic (exact) mass is 560 g/mol. The van der Waals surface area contributed by atoms with Crippen LogP contribution in [-0.2, 0) is 23.9 Å². The second-order valence-corrected chi connectivity index (χ2v) is 9.90. The molecule has 0 saturated carbocycles. The molecule has 214 valence electrons. The maximum Gasteiger partial charge on any atom is 0.338 e. The maximum absolute atomic E-state index is 12.6. The number of hydrogen-bond donors (Lipinski definition) is 1. The van der Waals surface area contributed by atoms with E-state index in [1.807, 2.05) is 13.8 Å². The van der Waals surface area contributed by atoms with Gasteiger partial charge in [-0.3, -0.25) is 14.4 Å². The summed E-state index contributed by atoms with van der Waals surface area (Å²) in [6.45, 7) is 3.85. The summed E-state index contributed by atoms with van der Waals surface area (Å²) in [4.78, 5) is 51.0. The summed E-state index contributed by atoms with van der Waals surface area (Å²) < 4.78 is 21.3. The summed E-state index contributed by atoms with van der Waals surface area (Å²) in [5.74, 6) is -0.336. The second kappa shape index (κ2) is 13.5. The molecule has 0 bridgehead atoms. The van der Waals surface area contributed by atoms with Crippen molar-refractivity contribution < 1.29 is 38.1 Å². The topological polar surface area (TPSA) is 120 Å². The van der Waals surface area contributed by atoms with Crippen LogP contribution in [0.3, 0.4) is 0 Å². The number of nitrogens with zero attached hydrogens (tertiary/aromatic N) is 1. The minimum Gasteiger partial charge on any atom is -0.497 e. The van der Waals surface area contributed by atoms with Crippen LogP contribution in [-0.4, -0.2) is 50.6 Å². The van der Waals surface area contributed by atoms with E-state index in [0.29, 0.717) is 35.0 Å². The van der Waals surface area contributed by atoms with E-state index in [1.165, 1.54) is 4.90 Å². The van der Waals surface area contributed by atoms with Gasteiger partial charge in [-0.15, -0.1) is 0 Å². The van der Waals surface area contributed by atoms with E-state index in [4.69, 9.17) is 18.9 Å². The minimum absolute atomic E-state index is 0.0150. The van der Waals surface area contributed by atoms with E-state index in [9.17, 15) is 19.2 Å². The first-order valence-electron chi connectivity index (χ1n) is 13.2. The first-order chi connectivity index (χ1) is 19.7. The Morgan fingerprint density at radius 2 is 1.49 bits per heavy atom. The highest BCUT2D eigenvalue weighted by molar-refractivity contribution is 6.00. The molecule has 10 heteroatoms. The molecule has 3 aromatic carbocycles. The third kappa shape index (κ3) is 8.07. The predicted octanol–water partition coefficient (Wildman–Crippen LogP) is 4.84. The lowest BCUT2D eigenvalue weighted by atomic mass is 10.1. The second-order valence-electron chi connectivity index (χ2n) is 9.90. The highest BCUT2D eigenvalue weighted by atomic mass is 16.5. The van der Waals surface area contributed by atoms with Gasteiger partial charge in [0, 0.05) is 24.3 Å². The van der Waals surface area contributed by atoms with Crippen molar-refractivity contribution in [1.82, 2.24) is 0 Å². The molecule has 0 unspecified atom stereocenters. The van der Waals surface area contributed by atoms with Crippen LogP contribution in [0.15, 0.2) is 72.8 Å². The summed E-state index contributed by atoms with van der Waals surface area (Å²) in [7, 11) is 1.59. The molecule has 41 heavy (non-hydrogen) atoms. The Balaban J connectivity index is 1.23. The first kappa shape index (κ1) is 29.1. The van der Waals surface area contributed by atoms with E-state index in [2.05, 4.69) is 5.32 Å². The van der Waals surface area contributed by atoms with Gasteiger partial charge in [-0.1, -0.05) is 13.8 Å². The molecule has 10 nitrogen and oxygen atoms in total. The van der Waals surface area contributed by atoms with Crippen molar-refractivity contribution in [2.24, 2.45) is 11.8 Å². The zero-order chi connectivity index (χ0) is 29.4. The smallest absolute Gasteiger partial charge is 0.338 e. The van der Waals surface area contributed by atoms with E-state index in [1.54, 1.807) is 79.9 Å². The Morgan fingerprint density at radius 1 is 0.878 bits per heavy atom. The van der Waals surface area contributed by atoms with Crippen molar-refractivity contribution in [3.05, 3.63) is 78.4 Å². The Bertz CT molecular complexity index is 1370. The molecule has 1 atom stereocenters. The molecule has 1 aliphatic rings. The number of nitrogens with one attached hydrogen (secondary N) is 1. The first-order valence-corrected chi connectivity index (χ1v) is 13.2. The van der Waals surface area contributed by atoms with Crippen LogP contribution in [0.25, 0.3) is 0 Å². The third-order valence-electron chi connectivity index (χ3n) is 6.20. The summed E-state index contributed by atoms with van der Waals surface area (Å²) in [6.07, 6.45) is -0.0150. The van der Waals surface area contributed by atoms with E-state index >= 15 is 0 Å². The lowest BCUT2D eigenvalue weighted by molar-refractivity contribution is -0.151. The zero-order valence-corrected chi connectivity index (χ0v) is 23.1. The number of carbonyl (C=O) groups is 4. The van der Waals surface area contributed by atoms with Gasteiger partial charge in [-0.2, -0.15) is 0 Å². The molecule has 0 spiro atoms. The van der Waals surface area contributed by atoms with Crippen molar-refractivity contribution in [2.75, 3.05) is 37.1 Å². The molecule has 0 radical (unpaired) electrons. The highest BCUT2D eigenvalue weighted by Crippen LogP contribution is 2.29. The van der Waals surface area contributed by atoms with Gasteiger partial charge in [0.25, 0.3) is 5.91 Å². The Hall–Kier alpha value is -4.86. The molecular formula is C31H32N2O8. The van der Waals surface area contributed by atoms with Crippen molar-refractivity contribution in [2.45, 2.75) is 20.3 Å². The molecule has 1 N–H and O–H groups in total. The van der Waals surface area contributed by atoms with Gasteiger partial charge in [0.05, 0.1) is 25.2 Å². The SMILES string of the molecule is COc1ccc(Oc2ccc(N3C[C@@H](C(=O)OCC(=O)Nc4ccc(C(=O)OCC(C)C)cc4)CC3=O)cc2)cc1. The van der Waals surface area contributed by atoms with Crippen LogP contribution in [0.2, 0.25) is 0 Å². The Labute approximate surface area is 238 Å². The highest BCUT2D eigenvalue weighted by Gasteiger charge is 2.36. The van der Waals surface area contributed by atoms with Gasteiger partial charge < -0.3 is 29.2 Å². The van der Waals surface area contributed by atoms with Crippen molar-refractivity contribution >= 4 is 35.1 Å². The van der Waals surface area contributed by atoms with Crippen molar-refractivity contribution in [3.8, 4) is 17.2 Å². The number of ether oxygens (including phenoxy) is 4. The van der Waals surface area contributed by atoms with Crippen LogP contribution < -0.4 is 19.7 Å². The lowest BCUT2D eigenvalue weighted by Gasteiger charge is -2.17. The summed E-state index contributed by atoms with van der Waals surface area (Å²) in [6, 6.07) is 20.3. The molecule has 0 aromatic heterocycles. The van der Waals surface area contributed by atoms with Gasteiger partial charge in [-0.05, 0) is 78.7 Å². The van der Waals surface area contributed by atoms with E-state index < -0.39 is 30.4 Å². The summed E-state index contributed by atoms with van der Waals surface area (Å²) >= 11 is 0. The molecule has 3 aromatic rings. The average Bonchev–Trinajstić information content (AvgIpc) is 3.37. The fourth-order valence-corrected chi connectivity index (χ4v) is 4.06. The number of rotatable bonds is 11. The lowest BCUT2D eigenvalue weighted by Crippen LogP contribution is -2.28. The molecular weight excluding hydrogens is 528 g/mol. The number of anilines is 2. The van der Waals surface area contributed by atoms with Crippen LogP contribution in [0, 0.1) is 11.8 Å². The molecule has 1 fully saturated rings. The van der Waals surface area contributed by atoms with Gasteiger partial charge in [-0.25, -0.2) is 4.79 Å². The Morgan fingerprint density at radius 3 is 2.10 bits per heavy atom. The van der Waals surface area contributed by atoms with E-state index in [0.717, 1.165) is 5.75 Å². The Kier molecular flexibility index (Phi) is 9.57. The normalized spacial score (nSPS) is 14.5. The number of carbonyl (C=O) groups excluding carboxylic acids is 4. The summed E-state index contributed by atoms with van der Waals surface area (Å²) in [5.41, 5.74) is 1.43.